The van der Waals surface area contributed by atoms with Gasteiger partial charge in [0.05, 0.1) is 17.1 Å². The number of rotatable bonds is 5. The van der Waals surface area contributed by atoms with Crippen LogP contribution in [0.3, 0.4) is 0 Å². The summed E-state index contributed by atoms with van der Waals surface area (Å²) in [4.78, 5) is 38.8. The number of hydrogen-bond donors (Lipinski definition) is 0. The molecule has 1 atom stereocenters. The summed E-state index contributed by atoms with van der Waals surface area (Å²) < 4.78 is 6.50. The summed E-state index contributed by atoms with van der Waals surface area (Å²) >= 11 is 0. The zero-order chi connectivity index (χ0) is 26.9. The molecule has 6 rings (SSSR count). The first kappa shape index (κ1) is 24.2. The van der Waals surface area contributed by atoms with Crippen LogP contribution in [0.2, 0.25) is 0 Å². The van der Waals surface area contributed by atoms with Crippen molar-refractivity contribution in [2.45, 2.75) is 12.5 Å². The Kier molecular flexibility index (Phi) is 6.20. The SMILES string of the molecule is Cn1nc(C(=O)OCC(=O)N2N=C(c3ccc4ccccc4c3)C[C@H]2c2ccccc2)c2ccccc2c1=O. The van der Waals surface area contributed by atoms with Crippen LogP contribution in [0.1, 0.15) is 34.1 Å². The van der Waals surface area contributed by atoms with Gasteiger partial charge in [-0.25, -0.2) is 14.5 Å². The monoisotopic (exact) mass is 516 g/mol. The third-order valence-corrected chi connectivity index (χ3v) is 6.91. The van der Waals surface area contributed by atoms with Gasteiger partial charge < -0.3 is 4.74 Å². The van der Waals surface area contributed by atoms with Crippen LogP contribution in [0.5, 0.6) is 0 Å². The Morgan fingerprint density at radius 3 is 2.36 bits per heavy atom. The van der Waals surface area contributed by atoms with Gasteiger partial charge in [0.1, 0.15) is 0 Å². The molecule has 4 aromatic carbocycles. The normalized spacial score (nSPS) is 14.9. The van der Waals surface area contributed by atoms with Gasteiger partial charge in [0.25, 0.3) is 11.5 Å². The van der Waals surface area contributed by atoms with Crippen LogP contribution >= 0.6 is 0 Å². The topological polar surface area (TPSA) is 93.9 Å². The Labute approximate surface area is 223 Å². The molecule has 0 saturated heterocycles. The lowest BCUT2D eigenvalue weighted by Gasteiger charge is -2.22. The van der Waals surface area contributed by atoms with Crippen molar-refractivity contribution in [1.82, 2.24) is 14.8 Å². The van der Waals surface area contributed by atoms with E-state index < -0.39 is 18.5 Å². The summed E-state index contributed by atoms with van der Waals surface area (Å²) in [6, 6.07) is 30.2. The quantitative estimate of drug-likeness (QED) is 0.318. The molecule has 0 radical (unpaired) electrons. The predicted octanol–water partition coefficient (Wildman–Crippen LogP) is 4.62. The fraction of sp³-hybridized carbons (Fsp3) is 0.129. The van der Waals surface area contributed by atoms with Crippen LogP contribution in [0.4, 0.5) is 0 Å². The molecule has 1 aliphatic rings. The molecule has 192 valence electrons. The lowest BCUT2D eigenvalue weighted by atomic mass is 9.97. The maximum absolute atomic E-state index is 13.4. The minimum absolute atomic E-state index is 0.0260. The van der Waals surface area contributed by atoms with Crippen molar-refractivity contribution in [1.29, 1.82) is 0 Å². The number of aryl methyl sites for hydroxylation is 1. The van der Waals surface area contributed by atoms with Crippen LogP contribution in [0.15, 0.2) is 107 Å². The second kappa shape index (κ2) is 9.98. The first-order valence-corrected chi connectivity index (χ1v) is 12.6. The number of nitrogens with zero attached hydrogens (tertiary/aromatic N) is 4. The summed E-state index contributed by atoms with van der Waals surface area (Å²) in [5, 5.41) is 13.1. The molecule has 1 aliphatic heterocycles. The van der Waals surface area contributed by atoms with Crippen molar-refractivity contribution in [3.63, 3.8) is 0 Å². The number of carbonyl (C=O) groups excluding carboxylic acids is 2. The van der Waals surface area contributed by atoms with E-state index in [1.165, 1.54) is 12.1 Å². The number of carbonyl (C=O) groups is 2. The predicted molar refractivity (Wildman–Crippen MR) is 148 cm³/mol. The molecule has 5 aromatic rings. The molecular formula is C31H24N4O4. The van der Waals surface area contributed by atoms with E-state index >= 15 is 0 Å². The van der Waals surface area contributed by atoms with E-state index in [2.05, 4.69) is 17.2 Å². The van der Waals surface area contributed by atoms with Gasteiger partial charge in [0.2, 0.25) is 0 Å². The van der Waals surface area contributed by atoms with E-state index in [1.807, 2.05) is 60.7 Å². The molecule has 8 nitrogen and oxygen atoms in total. The van der Waals surface area contributed by atoms with E-state index in [0.717, 1.165) is 32.3 Å². The van der Waals surface area contributed by atoms with Crippen molar-refractivity contribution in [2.24, 2.45) is 12.1 Å². The van der Waals surface area contributed by atoms with Crippen molar-refractivity contribution < 1.29 is 14.3 Å². The Hall–Kier alpha value is -5.11. The van der Waals surface area contributed by atoms with Crippen LogP contribution < -0.4 is 5.56 Å². The van der Waals surface area contributed by atoms with E-state index in [0.29, 0.717) is 17.2 Å². The molecule has 8 heteroatoms. The number of aromatic nitrogens is 2. The minimum atomic E-state index is -0.788. The molecule has 0 saturated carbocycles. The molecule has 1 aromatic heterocycles. The third-order valence-electron chi connectivity index (χ3n) is 6.91. The lowest BCUT2D eigenvalue weighted by Crippen LogP contribution is -2.32. The fourth-order valence-corrected chi connectivity index (χ4v) is 4.93. The number of hydrogen-bond acceptors (Lipinski definition) is 6. The average Bonchev–Trinajstić information content (AvgIpc) is 3.44. The molecular weight excluding hydrogens is 492 g/mol. The minimum Gasteiger partial charge on any atom is -0.451 e. The number of esters is 1. The Morgan fingerprint density at radius 2 is 1.56 bits per heavy atom. The number of fused-ring (bicyclic) bond motifs is 2. The first-order valence-electron chi connectivity index (χ1n) is 12.6. The van der Waals surface area contributed by atoms with Crippen LogP contribution in [-0.4, -0.2) is 39.0 Å². The van der Waals surface area contributed by atoms with Gasteiger partial charge in [-0.15, -0.1) is 0 Å². The number of hydrazone groups is 1. The van der Waals surface area contributed by atoms with E-state index in [9.17, 15) is 14.4 Å². The lowest BCUT2D eigenvalue weighted by molar-refractivity contribution is -0.136. The fourth-order valence-electron chi connectivity index (χ4n) is 4.93. The Balaban J connectivity index is 1.28. The van der Waals surface area contributed by atoms with Gasteiger partial charge in [-0.1, -0.05) is 84.9 Å². The number of benzene rings is 4. The highest BCUT2D eigenvalue weighted by Crippen LogP contribution is 2.33. The van der Waals surface area contributed by atoms with E-state index in [1.54, 1.807) is 24.3 Å². The zero-order valence-electron chi connectivity index (χ0n) is 21.2. The molecule has 0 N–H and O–H groups in total. The highest BCUT2D eigenvalue weighted by molar-refractivity contribution is 6.06. The molecule has 0 spiro atoms. The maximum Gasteiger partial charge on any atom is 0.359 e. The molecule has 1 amide bonds. The average molecular weight is 517 g/mol. The maximum atomic E-state index is 13.4. The standard InChI is InChI=1S/C31H24N4O4/c1-34-30(37)25-14-8-7-13-24(25)29(33-34)31(38)39-19-28(36)35-27(21-10-3-2-4-11-21)18-26(32-35)23-16-15-20-9-5-6-12-22(20)17-23/h2-17,27H,18-19H2,1H3/t27-/m0/s1. The summed E-state index contributed by atoms with van der Waals surface area (Å²) in [5.41, 5.74) is 2.30. The molecule has 0 fully saturated rings. The van der Waals surface area contributed by atoms with E-state index in [-0.39, 0.29) is 17.3 Å². The largest absolute Gasteiger partial charge is 0.451 e. The van der Waals surface area contributed by atoms with E-state index in [4.69, 9.17) is 9.84 Å². The molecule has 39 heavy (non-hydrogen) atoms. The van der Waals surface area contributed by atoms with Gasteiger partial charge in [-0.2, -0.15) is 10.2 Å². The van der Waals surface area contributed by atoms with Crippen molar-refractivity contribution in [2.75, 3.05) is 6.61 Å². The molecule has 2 heterocycles. The van der Waals surface area contributed by atoms with Crippen LogP contribution in [-0.2, 0) is 16.6 Å². The van der Waals surface area contributed by atoms with Crippen molar-refractivity contribution >= 4 is 39.1 Å². The Morgan fingerprint density at radius 1 is 0.872 bits per heavy atom. The highest BCUT2D eigenvalue weighted by Gasteiger charge is 2.34. The Bertz CT molecular complexity index is 1830. The van der Waals surface area contributed by atoms with Crippen molar-refractivity contribution in [3.8, 4) is 0 Å². The van der Waals surface area contributed by atoms with Gasteiger partial charge in [0.15, 0.2) is 12.3 Å². The summed E-state index contributed by atoms with van der Waals surface area (Å²) in [5.74, 6) is -1.24. The zero-order valence-corrected chi connectivity index (χ0v) is 21.2. The second-order valence-corrected chi connectivity index (χ2v) is 9.38. The first-order chi connectivity index (χ1) is 19.0. The van der Waals surface area contributed by atoms with Gasteiger partial charge in [-0.05, 0) is 34.0 Å². The van der Waals surface area contributed by atoms with Gasteiger partial charge in [0, 0.05) is 18.9 Å². The van der Waals surface area contributed by atoms with Gasteiger partial charge in [-0.3, -0.25) is 9.59 Å². The summed E-state index contributed by atoms with van der Waals surface area (Å²) in [6.07, 6.45) is 0.523. The smallest absolute Gasteiger partial charge is 0.359 e. The second-order valence-electron chi connectivity index (χ2n) is 9.38. The molecule has 0 unspecified atom stereocenters. The molecule has 0 aliphatic carbocycles. The summed E-state index contributed by atoms with van der Waals surface area (Å²) in [7, 11) is 1.47. The number of amides is 1. The van der Waals surface area contributed by atoms with Crippen molar-refractivity contribution in [3.05, 3.63) is 124 Å². The van der Waals surface area contributed by atoms with Crippen LogP contribution in [0, 0.1) is 0 Å². The van der Waals surface area contributed by atoms with Gasteiger partial charge >= 0.3 is 5.97 Å². The summed E-state index contributed by atoms with van der Waals surface area (Å²) in [6.45, 7) is -0.518. The van der Waals surface area contributed by atoms with Crippen LogP contribution in [0.25, 0.3) is 21.5 Å². The molecule has 0 bridgehead atoms. The highest BCUT2D eigenvalue weighted by atomic mass is 16.5. The number of ether oxygens (including phenoxy) is 1. The third kappa shape index (κ3) is 4.57.